The quantitative estimate of drug-likeness (QED) is 0.153. The molecule has 0 bridgehead atoms. The number of rotatable bonds is 12. The molecule has 1 N–H and O–H groups in total. The lowest BCUT2D eigenvalue weighted by atomic mass is 9.84. The van der Waals surface area contributed by atoms with Crippen LogP contribution in [-0.4, -0.2) is 30.2 Å². The molecule has 41 heavy (non-hydrogen) atoms. The Morgan fingerprint density at radius 1 is 0.634 bits per heavy atom. The van der Waals surface area contributed by atoms with Crippen molar-refractivity contribution in [1.82, 2.24) is 0 Å². The summed E-state index contributed by atoms with van der Waals surface area (Å²) in [6.07, 6.45) is 5.20. The minimum absolute atomic E-state index is 0.209. The third kappa shape index (κ3) is 13.4. The van der Waals surface area contributed by atoms with Crippen LogP contribution in [0.25, 0.3) is 0 Å². The summed E-state index contributed by atoms with van der Waals surface area (Å²) in [4.78, 5) is 0. The van der Waals surface area contributed by atoms with E-state index in [1.165, 1.54) is 16.7 Å². The van der Waals surface area contributed by atoms with Crippen LogP contribution in [0.15, 0.2) is 42.5 Å². The highest BCUT2D eigenvalue weighted by atomic mass is 28.2. The molecule has 0 aliphatic heterocycles. The van der Waals surface area contributed by atoms with E-state index in [0.717, 1.165) is 43.2 Å². The fourth-order valence-corrected chi connectivity index (χ4v) is 6.51. The van der Waals surface area contributed by atoms with E-state index in [2.05, 4.69) is 124 Å². The van der Waals surface area contributed by atoms with Crippen molar-refractivity contribution in [3.8, 4) is 11.8 Å². The molecule has 0 aromatic heterocycles. The van der Waals surface area contributed by atoms with Crippen LogP contribution in [0.1, 0.15) is 137 Å². The molecule has 0 heterocycles. The lowest BCUT2D eigenvalue weighted by Crippen LogP contribution is -2.34. The molecule has 228 valence electrons. The number of unbranched alkanes of at least 4 members (excludes halogenated alkanes) is 2. The topological polar surface area (TPSA) is 38.7 Å². The summed E-state index contributed by atoms with van der Waals surface area (Å²) in [6, 6.07) is 15.2. The van der Waals surface area contributed by atoms with E-state index in [9.17, 15) is 5.11 Å². The summed E-state index contributed by atoms with van der Waals surface area (Å²) in [7, 11) is -1.50. The van der Waals surface area contributed by atoms with E-state index in [1.54, 1.807) is 0 Å². The molecule has 2 aromatic carbocycles. The summed E-state index contributed by atoms with van der Waals surface area (Å²) in [5, 5.41) is 10.4. The van der Waals surface area contributed by atoms with Gasteiger partial charge in [0.25, 0.3) is 0 Å². The van der Waals surface area contributed by atoms with Gasteiger partial charge in [0.2, 0.25) is 0 Å². The minimum atomic E-state index is -0.761. The molecule has 0 radical (unpaired) electrons. The Hall–Kier alpha value is -1.69. The molecule has 0 aliphatic carbocycles. The first-order valence-electron chi connectivity index (χ1n) is 15.4. The van der Waals surface area contributed by atoms with E-state index in [0.29, 0.717) is 0 Å². The van der Waals surface area contributed by atoms with Crippen molar-refractivity contribution >= 4 is 19.5 Å². The maximum Gasteiger partial charge on any atom is 0.168 e. The van der Waals surface area contributed by atoms with Crippen molar-refractivity contribution in [3.05, 3.63) is 70.3 Å². The molecule has 0 atom stereocenters. The lowest BCUT2D eigenvalue weighted by molar-refractivity contribution is 0.0681. The smallest absolute Gasteiger partial charge is 0.168 e. The Morgan fingerprint density at radius 3 is 1.71 bits per heavy atom. The Balaban J connectivity index is 2.32. The van der Waals surface area contributed by atoms with Gasteiger partial charge in [0.05, 0.1) is 16.8 Å². The van der Waals surface area contributed by atoms with Crippen LogP contribution in [0.2, 0.25) is 10.1 Å². The maximum atomic E-state index is 9.93. The number of hydrogen-bond acceptors (Lipinski definition) is 3. The fourth-order valence-electron chi connectivity index (χ4n) is 4.61. The van der Waals surface area contributed by atoms with Crippen molar-refractivity contribution in [2.75, 3.05) is 0 Å². The molecule has 0 fully saturated rings. The fraction of sp³-hybridized carbons (Fsp3) is 0.611. The summed E-state index contributed by atoms with van der Waals surface area (Å²) in [5.74, 6) is 6.87. The summed E-state index contributed by atoms with van der Waals surface area (Å²) >= 11 is 0. The van der Waals surface area contributed by atoms with Gasteiger partial charge in [-0.25, -0.2) is 0 Å². The molecule has 0 amide bonds. The van der Waals surface area contributed by atoms with Crippen LogP contribution in [0.3, 0.4) is 0 Å². The maximum absolute atomic E-state index is 9.93. The first-order chi connectivity index (χ1) is 18.7. The number of aliphatic hydroxyl groups is 1. The van der Waals surface area contributed by atoms with E-state index < -0.39 is 36.3 Å². The van der Waals surface area contributed by atoms with Gasteiger partial charge in [0, 0.05) is 11.1 Å². The zero-order valence-electron chi connectivity index (χ0n) is 28.3. The van der Waals surface area contributed by atoms with Crippen LogP contribution in [0, 0.1) is 11.8 Å². The molecule has 0 aliphatic rings. The zero-order chi connectivity index (χ0) is 31.1. The Bertz CT molecular complexity index is 1180. The van der Waals surface area contributed by atoms with Gasteiger partial charge >= 0.3 is 0 Å². The average molecular weight is 595 g/mol. The van der Waals surface area contributed by atoms with Crippen molar-refractivity contribution in [2.45, 2.75) is 142 Å². The number of hydrogen-bond donors (Lipinski definition) is 1. The summed E-state index contributed by atoms with van der Waals surface area (Å²) < 4.78 is 13.4. The molecule has 3 nitrogen and oxygen atoms in total. The Kier molecular flexibility index (Phi) is 12.3. The van der Waals surface area contributed by atoms with Gasteiger partial charge in [0.1, 0.15) is 0 Å². The highest BCUT2D eigenvalue weighted by Crippen LogP contribution is 2.38. The molecule has 0 saturated heterocycles. The van der Waals surface area contributed by atoms with Gasteiger partial charge in [-0.05, 0) is 112 Å². The number of benzene rings is 2. The van der Waals surface area contributed by atoms with Crippen LogP contribution in [-0.2, 0) is 26.5 Å². The van der Waals surface area contributed by atoms with Crippen molar-refractivity contribution in [1.29, 1.82) is 0 Å². The van der Waals surface area contributed by atoms with E-state index >= 15 is 0 Å². The van der Waals surface area contributed by atoms with Crippen LogP contribution >= 0.6 is 0 Å². The second kappa shape index (κ2) is 14.2. The van der Waals surface area contributed by atoms with Gasteiger partial charge in [-0.2, -0.15) is 0 Å². The van der Waals surface area contributed by atoms with Gasteiger partial charge in [-0.1, -0.05) is 84.4 Å². The van der Waals surface area contributed by atoms with Gasteiger partial charge in [-0.3, -0.25) is 0 Å². The molecule has 0 unspecified atom stereocenters. The number of aryl methyl sites for hydroxylation is 1. The first kappa shape index (κ1) is 35.5. The standard InChI is InChI=1S/C36H58O3Si2/c1-32(2,3)40-38-35(9,10)30-23-22-29(26-31(30)36(11,12)39-41-33(4,5)6)21-20-28-19-16-18-27(25-28)17-14-13-15-24-34(7,8)37/h16,18-19,22-23,25-26,37H,13-15,17,24,40-41H2,1-12H3. The minimum Gasteiger partial charge on any atom is -0.415 e. The van der Waals surface area contributed by atoms with Crippen LogP contribution in [0.5, 0.6) is 0 Å². The molecular weight excluding hydrogens is 537 g/mol. The molecule has 5 heteroatoms. The zero-order valence-corrected chi connectivity index (χ0v) is 31.1. The highest BCUT2D eigenvalue weighted by molar-refractivity contribution is 6.32. The van der Waals surface area contributed by atoms with Crippen molar-refractivity contribution in [3.63, 3.8) is 0 Å². The van der Waals surface area contributed by atoms with Crippen molar-refractivity contribution in [2.24, 2.45) is 0 Å². The lowest BCUT2D eigenvalue weighted by Gasteiger charge is -2.37. The molecule has 2 aromatic rings. The normalized spacial score (nSPS) is 13.8. The molecular formula is C36H58O3Si2. The van der Waals surface area contributed by atoms with Gasteiger partial charge in [-0.15, -0.1) is 0 Å². The largest absolute Gasteiger partial charge is 0.415 e. The predicted octanol–water partition coefficient (Wildman–Crippen LogP) is 8.07. The monoisotopic (exact) mass is 594 g/mol. The van der Waals surface area contributed by atoms with Gasteiger partial charge < -0.3 is 14.0 Å². The predicted molar refractivity (Wildman–Crippen MR) is 182 cm³/mol. The van der Waals surface area contributed by atoms with Crippen LogP contribution in [0.4, 0.5) is 0 Å². The molecule has 0 saturated carbocycles. The summed E-state index contributed by atoms with van der Waals surface area (Å²) in [6.45, 7) is 26.2. The van der Waals surface area contributed by atoms with E-state index in [-0.39, 0.29) is 10.1 Å². The van der Waals surface area contributed by atoms with Crippen molar-refractivity contribution < 1.29 is 14.0 Å². The third-order valence-corrected chi connectivity index (χ3v) is 10.5. The first-order valence-corrected chi connectivity index (χ1v) is 18.0. The second-order valence-electron chi connectivity index (χ2n) is 15.8. The molecule has 0 spiro atoms. The SMILES string of the molecule is CC(C)(O)CCCCCc1cccc(C#Cc2ccc(C(C)(C)O[SiH2]C(C)(C)C)c(C(C)(C)O[SiH2]C(C)(C)C)c2)c1. The average Bonchev–Trinajstić information content (AvgIpc) is 2.84. The van der Waals surface area contributed by atoms with Crippen LogP contribution < -0.4 is 0 Å². The van der Waals surface area contributed by atoms with Gasteiger partial charge in [0.15, 0.2) is 19.5 Å². The molecule has 2 rings (SSSR count). The third-order valence-electron chi connectivity index (χ3n) is 7.08. The highest BCUT2D eigenvalue weighted by Gasteiger charge is 2.33. The summed E-state index contributed by atoms with van der Waals surface area (Å²) in [5.41, 5.74) is 4.33. The Morgan fingerprint density at radius 2 is 1.17 bits per heavy atom. The Labute approximate surface area is 257 Å². The van der Waals surface area contributed by atoms with E-state index in [1.807, 2.05) is 13.8 Å². The van der Waals surface area contributed by atoms with E-state index in [4.69, 9.17) is 8.85 Å². The second-order valence-corrected chi connectivity index (χ2v) is 21.2.